The van der Waals surface area contributed by atoms with Gasteiger partial charge in [0.05, 0.1) is 6.61 Å². The van der Waals surface area contributed by atoms with Gasteiger partial charge < -0.3 is 20.7 Å². The number of hydrogen-bond donors (Lipinski definition) is 3. The minimum Gasteiger partial charge on any atom is -0.380 e. The molecule has 0 bridgehead atoms. The molecule has 0 heterocycles. The van der Waals surface area contributed by atoms with Gasteiger partial charge in [-0.15, -0.1) is 0 Å². The number of carbonyl (C=O) groups excluding carboxylic acids is 2. The second kappa shape index (κ2) is 10.3. The molecule has 3 N–H and O–H groups in total. The summed E-state index contributed by atoms with van der Waals surface area (Å²) in [6.45, 7) is 4.65. The second-order valence-corrected chi connectivity index (χ2v) is 6.61. The largest absolute Gasteiger partial charge is 0.380 e. The van der Waals surface area contributed by atoms with Crippen molar-refractivity contribution in [3.63, 3.8) is 0 Å². The van der Waals surface area contributed by atoms with Gasteiger partial charge in [0.1, 0.15) is 6.04 Å². The molecule has 0 aromatic heterocycles. The summed E-state index contributed by atoms with van der Waals surface area (Å²) in [6, 6.07) is 15.9. The Bertz CT molecular complexity index is 747. The first-order valence-corrected chi connectivity index (χ1v) is 8.97. The van der Waals surface area contributed by atoms with Crippen molar-refractivity contribution >= 4 is 17.6 Å². The third-order valence-electron chi connectivity index (χ3n) is 4.14. The molecule has 6 nitrogen and oxygen atoms in total. The Hall–Kier alpha value is -2.86. The number of para-hydroxylation sites is 1. The van der Waals surface area contributed by atoms with Gasteiger partial charge in [-0.2, -0.15) is 0 Å². The molecule has 0 aliphatic heterocycles. The van der Waals surface area contributed by atoms with Crippen LogP contribution in [0.4, 0.5) is 10.5 Å². The first-order chi connectivity index (χ1) is 13.0. The van der Waals surface area contributed by atoms with Crippen LogP contribution in [0.1, 0.15) is 25.0 Å². The van der Waals surface area contributed by atoms with E-state index in [1.807, 2.05) is 56.3 Å². The van der Waals surface area contributed by atoms with Crippen molar-refractivity contribution in [2.75, 3.05) is 12.4 Å². The van der Waals surface area contributed by atoms with Crippen molar-refractivity contribution in [3.8, 4) is 0 Å². The lowest BCUT2D eigenvalue weighted by atomic mass is 10.0. The number of ether oxygens (including phenoxy) is 1. The number of rotatable bonds is 8. The zero-order valence-electron chi connectivity index (χ0n) is 16.0. The topological polar surface area (TPSA) is 79.5 Å². The highest BCUT2D eigenvalue weighted by Gasteiger charge is 2.24. The molecule has 0 saturated carbocycles. The van der Waals surface area contributed by atoms with Crippen molar-refractivity contribution in [1.29, 1.82) is 0 Å². The van der Waals surface area contributed by atoms with E-state index in [-0.39, 0.29) is 11.8 Å². The van der Waals surface area contributed by atoms with Crippen molar-refractivity contribution in [2.24, 2.45) is 5.92 Å². The lowest BCUT2D eigenvalue weighted by Gasteiger charge is -2.22. The van der Waals surface area contributed by atoms with Gasteiger partial charge in [-0.3, -0.25) is 4.79 Å². The van der Waals surface area contributed by atoms with Gasteiger partial charge in [0, 0.05) is 19.3 Å². The Morgan fingerprint density at radius 2 is 1.59 bits per heavy atom. The Balaban J connectivity index is 1.95. The van der Waals surface area contributed by atoms with Crippen LogP contribution in [0.2, 0.25) is 0 Å². The SMILES string of the molecule is COCc1ccccc1CNC(=O)C(NC(=O)Nc1ccccc1)C(C)C. The minimum absolute atomic E-state index is 0.0549. The molecule has 27 heavy (non-hydrogen) atoms. The van der Waals surface area contributed by atoms with Crippen molar-refractivity contribution in [3.05, 3.63) is 65.7 Å². The Labute approximate surface area is 160 Å². The summed E-state index contributed by atoms with van der Waals surface area (Å²) >= 11 is 0. The number of urea groups is 1. The highest BCUT2D eigenvalue weighted by Crippen LogP contribution is 2.11. The van der Waals surface area contributed by atoms with Gasteiger partial charge in [0.25, 0.3) is 0 Å². The molecule has 6 heteroatoms. The molecule has 0 aliphatic rings. The minimum atomic E-state index is -0.636. The van der Waals surface area contributed by atoms with E-state index in [0.29, 0.717) is 18.8 Å². The van der Waals surface area contributed by atoms with Crippen LogP contribution in [-0.2, 0) is 22.7 Å². The first kappa shape index (κ1) is 20.5. The van der Waals surface area contributed by atoms with Crippen LogP contribution in [0, 0.1) is 5.92 Å². The normalized spacial score (nSPS) is 11.7. The number of carbonyl (C=O) groups is 2. The molecule has 2 rings (SSSR count). The van der Waals surface area contributed by atoms with Crippen LogP contribution in [-0.4, -0.2) is 25.1 Å². The lowest BCUT2D eigenvalue weighted by molar-refractivity contribution is -0.124. The third-order valence-corrected chi connectivity index (χ3v) is 4.14. The monoisotopic (exact) mass is 369 g/mol. The van der Waals surface area contributed by atoms with E-state index < -0.39 is 12.1 Å². The van der Waals surface area contributed by atoms with Crippen LogP contribution in [0.15, 0.2) is 54.6 Å². The number of nitrogens with one attached hydrogen (secondary N) is 3. The molecule has 0 radical (unpaired) electrons. The van der Waals surface area contributed by atoms with Crippen molar-refractivity contribution in [1.82, 2.24) is 10.6 Å². The molecule has 0 saturated heterocycles. The summed E-state index contributed by atoms with van der Waals surface area (Å²) in [7, 11) is 1.64. The van der Waals surface area contributed by atoms with Crippen LogP contribution in [0.25, 0.3) is 0 Å². The first-order valence-electron chi connectivity index (χ1n) is 8.97. The average Bonchev–Trinajstić information content (AvgIpc) is 2.66. The fourth-order valence-electron chi connectivity index (χ4n) is 2.68. The fourth-order valence-corrected chi connectivity index (χ4v) is 2.68. The molecule has 1 unspecified atom stereocenters. The average molecular weight is 369 g/mol. The summed E-state index contributed by atoms with van der Waals surface area (Å²) in [5, 5.41) is 8.40. The van der Waals surface area contributed by atoms with Crippen LogP contribution < -0.4 is 16.0 Å². The lowest BCUT2D eigenvalue weighted by Crippen LogP contribution is -2.50. The summed E-state index contributed by atoms with van der Waals surface area (Å²) in [5.74, 6) is -0.277. The van der Waals surface area contributed by atoms with Gasteiger partial charge in [-0.1, -0.05) is 56.3 Å². The zero-order chi connectivity index (χ0) is 19.6. The van der Waals surface area contributed by atoms with Crippen molar-refractivity contribution in [2.45, 2.75) is 33.0 Å². The molecular weight excluding hydrogens is 342 g/mol. The Morgan fingerprint density at radius 1 is 0.963 bits per heavy atom. The molecule has 2 aromatic carbocycles. The number of methoxy groups -OCH3 is 1. The predicted molar refractivity (Wildman–Crippen MR) is 106 cm³/mol. The van der Waals surface area contributed by atoms with E-state index in [0.717, 1.165) is 11.1 Å². The zero-order valence-corrected chi connectivity index (χ0v) is 16.0. The van der Waals surface area contributed by atoms with Crippen molar-refractivity contribution < 1.29 is 14.3 Å². The highest BCUT2D eigenvalue weighted by atomic mass is 16.5. The van der Waals surface area contributed by atoms with Gasteiger partial charge in [-0.05, 0) is 29.2 Å². The number of anilines is 1. The maximum atomic E-state index is 12.6. The third kappa shape index (κ3) is 6.42. The second-order valence-electron chi connectivity index (χ2n) is 6.61. The van der Waals surface area contributed by atoms with Gasteiger partial charge in [0.15, 0.2) is 0 Å². The molecule has 0 fully saturated rings. The van der Waals surface area contributed by atoms with Gasteiger partial charge >= 0.3 is 6.03 Å². The van der Waals surface area contributed by atoms with Gasteiger partial charge in [0.2, 0.25) is 5.91 Å². The fraction of sp³-hybridized carbons (Fsp3) is 0.333. The summed E-state index contributed by atoms with van der Waals surface area (Å²) in [4.78, 5) is 24.9. The smallest absolute Gasteiger partial charge is 0.319 e. The van der Waals surface area contributed by atoms with Crippen LogP contribution >= 0.6 is 0 Å². The van der Waals surface area contributed by atoms with E-state index >= 15 is 0 Å². The molecular formula is C21H27N3O3. The number of hydrogen-bond acceptors (Lipinski definition) is 3. The van der Waals surface area contributed by atoms with Crippen LogP contribution in [0.5, 0.6) is 0 Å². The maximum absolute atomic E-state index is 12.6. The van der Waals surface area contributed by atoms with E-state index in [1.54, 1.807) is 19.2 Å². The molecule has 2 aromatic rings. The van der Waals surface area contributed by atoms with Crippen LogP contribution in [0.3, 0.4) is 0 Å². The Kier molecular flexibility index (Phi) is 7.82. The molecule has 1 atom stereocenters. The summed E-state index contributed by atoms with van der Waals surface area (Å²) < 4.78 is 5.19. The standard InChI is InChI=1S/C21H27N3O3/c1-15(2)19(24-21(26)23-18-11-5-4-6-12-18)20(25)22-13-16-9-7-8-10-17(16)14-27-3/h4-12,15,19H,13-14H2,1-3H3,(H,22,25)(H2,23,24,26). The van der Waals surface area contributed by atoms with E-state index in [2.05, 4.69) is 16.0 Å². The highest BCUT2D eigenvalue weighted by molar-refractivity contribution is 5.93. The maximum Gasteiger partial charge on any atom is 0.319 e. The Morgan fingerprint density at radius 3 is 2.22 bits per heavy atom. The molecule has 0 spiro atoms. The summed E-state index contributed by atoms with van der Waals surface area (Å²) in [6.07, 6.45) is 0. The van der Waals surface area contributed by atoms with E-state index in [4.69, 9.17) is 4.74 Å². The van der Waals surface area contributed by atoms with E-state index in [9.17, 15) is 9.59 Å². The quantitative estimate of drug-likeness (QED) is 0.668. The van der Waals surface area contributed by atoms with Gasteiger partial charge in [-0.25, -0.2) is 4.79 Å². The number of amides is 3. The predicted octanol–water partition coefficient (Wildman–Crippen LogP) is 3.30. The molecule has 144 valence electrons. The molecule has 0 aliphatic carbocycles. The molecule has 3 amide bonds. The summed E-state index contributed by atoms with van der Waals surface area (Å²) in [5.41, 5.74) is 2.69. The number of benzene rings is 2. The van der Waals surface area contributed by atoms with E-state index in [1.165, 1.54) is 0 Å².